The molecule has 94 valence electrons. The highest BCUT2D eigenvalue weighted by atomic mass is 32.2. The minimum atomic E-state index is -3.29. The van der Waals surface area contributed by atoms with Gasteiger partial charge in [-0.25, -0.2) is 8.42 Å². The summed E-state index contributed by atoms with van der Waals surface area (Å²) < 4.78 is 24.7. The fraction of sp³-hybridized carbons (Fsp3) is 0.364. The summed E-state index contributed by atoms with van der Waals surface area (Å²) in [7, 11) is -3.29. The maximum Gasteiger partial charge on any atom is 0.229 e. The third kappa shape index (κ3) is 3.74. The van der Waals surface area contributed by atoms with Crippen LogP contribution in [0, 0.1) is 13.8 Å². The van der Waals surface area contributed by atoms with Crippen LogP contribution in [0.4, 0.5) is 11.4 Å². The fourth-order valence-electron chi connectivity index (χ4n) is 1.46. The molecule has 1 rings (SSSR count). The normalized spacial score (nSPS) is 11.1. The van der Waals surface area contributed by atoms with Gasteiger partial charge in [-0.05, 0) is 37.1 Å². The van der Waals surface area contributed by atoms with E-state index in [1.807, 2.05) is 6.92 Å². The molecule has 0 atom stereocenters. The summed E-state index contributed by atoms with van der Waals surface area (Å²) in [5.41, 5.74) is 2.85. The Morgan fingerprint density at radius 2 is 1.59 bits per heavy atom. The van der Waals surface area contributed by atoms with Crippen LogP contribution in [0.1, 0.15) is 18.1 Å². The molecule has 0 spiro atoms. The van der Waals surface area contributed by atoms with Crippen LogP contribution in [0.25, 0.3) is 0 Å². The van der Waals surface area contributed by atoms with Gasteiger partial charge in [-0.1, -0.05) is 0 Å². The summed E-state index contributed by atoms with van der Waals surface area (Å²) in [5.74, 6) is -0.156. The second-order valence-corrected chi connectivity index (χ2v) is 5.71. The molecule has 1 aromatic rings. The molecule has 0 radical (unpaired) electrons. The number of hydrogen-bond donors (Lipinski definition) is 2. The van der Waals surface area contributed by atoms with Gasteiger partial charge in [-0.15, -0.1) is 0 Å². The second-order valence-electron chi connectivity index (χ2n) is 3.97. The van der Waals surface area contributed by atoms with E-state index in [2.05, 4.69) is 10.0 Å². The highest BCUT2D eigenvalue weighted by molar-refractivity contribution is 7.92. The highest BCUT2D eigenvalue weighted by Crippen LogP contribution is 2.26. The monoisotopic (exact) mass is 256 g/mol. The number of benzene rings is 1. The lowest BCUT2D eigenvalue weighted by molar-refractivity contribution is -0.114. The van der Waals surface area contributed by atoms with E-state index in [0.717, 1.165) is 17.4 Å². The number of carbonyl (C=O) groups is 1. The number of carbonyl (C=O) groups excluding carboxylic acids is 1. The zero-order valence-electron chi connectivity index (χ0n) is 10.3. The van der Waals surface area contributed by atoms with Gasteiger partial charge in [0.05, 0.1) is 11.9 Å². The third-order valence-corrected chi connectivity index (χ3v) is 2.98. The predicted molar refractivity (Wildman–Crippen MR) is 68.7 cm³/mol. The molecule has 2 N–H and O–H groups in total. The van der Waals surface area contributed by atoms with Gasteiger partial charge < -0.3 is 5.32 Å². The van der Waals surface area contributed by atoms with Crippen molar-refractivity contribution in [1.82, 2.24) is 0 Å². The first-order chi connectivity index (χ1) is 7.70. The highest BCUT2D eigenvalue weighted by Gasteiger charge is 2.10. The molecule has 0 fully saturated rings. The molecule has 0 unspecified atom stereocenters. The Morgan fingerprint density at radius 1 is 1.12 bits per heavy atom. The maximum atomic E-state index is 11.1. The van der Waals surface area contributed by atoms with Crippen molar-refractivity contribution < 1.29 is 13.2 Å². The average Bonchev–Trinajstić information content (AvgIpc) is 2.15. The first kappa shape index (κ1) is 13.5. The second kappa shape index (κ2) is 4.75. The lowest BCUT2D eigenvalue weighted by Crippen LogP contribution is -2.12. The van der Waals surface area contributed by atoms with E-state index in [1.54, 1.807) is 19.1 Å². The summed E-state index contributed by atoms with van der Waals surface area (Å²) in [6.45, 7) is 5.06. The SMILES string of the molecule is CC(=O)Nc1ccc(NS(C)(=O)=O)c(C)c1C. The Hall–Kier alpha value is -1.56. The van der Waals surface area contributed by atoms with E-state index >= 15 is 0 Å². The largest absolute Gasteiger partial charge is 0.326 e. The van der Waals surface area contributed by atoms with Crippen LogP contribution in [0.2, 0.25) is 0 Å². The topological polar surface area (TPSA) is 75.3 Å². The Balaban J connectivity index is 3.15. The molecule has 5 nitrogen and oxygen atoms in total. The Bertz CT molecular complexity index is 550. The molecule has 0 aliphatic rings. The van der Waals surface area contributed by atoms with Gasteiger partial charge in [-0.3, -0.25) is 9.52 Å². The molecule has 0 saturated heterocycles. The molecule has 0 aromatic heterocycles. The van der Waals surface area contributed by atoms with Crippen molar-refractivity contribution in [1.29, 1.82) is 0 Å². The van der Waals surface area contributed by atoms with E-state index in [4.69, 9.17) is 0 Å². The van der Waals surface area contributed by atoms with Crippen LogP contribution in [0.15, 0.2) is 12.1 Å². The van der Waals surface area contributed by atoms with Crippen LogP contribution in [0.5, 0.6) is 0 Å². The van der Waals surface area contributed by atoms with Crippen LogP contribution < -0.4 is 10.0 Å². The Labute approximate surface area is 101 Å². The maximum absolute atomic E-state index is 11.1. The van der Waals surface area contributed by atoms with Crippen molar-refractivity contribution in [2.24, 2.45) is 0 Å². The van der Waals surface area contributed by atoms with Crippen molar-refractivity contribution in [3.8, 4) is 0 Å². The van der Waals surface area contributed by atoms with Gasteiger partial charge in [-0.2, -0.15) is 0 Å². The molecule has 17 heavy (non-hydrogen) atoms. The molecule has 0 saturated carbocycles. The first-order valence-corrected chi connectivity index (χ1v) is 6.95. The summed E-state index contributed by atoms with van der Waals surface area (Å²) >= 11 is 0. The lowest BCUT2D eigenvalue weighted by Gasteiger charge is -2.14. The molecule has 0 aliphatic heterocycles. The number of sulfonamides is 1. The number of nitrogens with one attached hydrogen (secondary N) is 2. The van der Waals surface area contributed by atoms with Crippen molar-refractivity contribution in [2.75, 3.05) is 16.3 Å². The van der Waals surface area contributed by atoms with E-state index in [-0.39, 0.29) is 5.91 Å². The van der Waals surface area contributed by atoms with Crippen LogP contribution in [-0.4, -0.2) is 20.6 Å². The van der Waals surface area contributed by atoms with E-state index in [0.29, 0.717) is 11.4 Å². The van der Waals surface area contributed by atoms with Crippen molar-refractivity contribution >= 4 is 27.3 Å². The number of amides is 1. The average molecular weight is 256 g/mol. The molecular weight excluding hydrogens is 240 g/mol. The van der Waals surface area contributed by atoms with Gasteiger partial charge in [0.15, 0.2) is 0 Å². The smallest absolute Gasteiger partial charge is 0.229 e. The van der Waals surface area contributed by atoms with Crippen molar-refractivity contribution in [3.05, 3.63) is 23.3 Å². The van der Waals surface area contributed by atoms with Gasteiger partial charge in [0.25, 0.3) is 0 Å². The summed E-state index contributed by atoms with van der Waals surface area (Å²) in [6.07, 6.45) is 1.10. The summed E-state index contributed by atoms with van der Waals surface area (Å²) in [6, 6.07) is 3.31. The van der Waals surface area contributed by atoms with Crippen molar-refractivity contribution in [3.63, 3.8) is 0 Å². The molecule has 1 aromatic carbocycles. The zero-order chi connectivity index (χ0) is 13.2. The Kier molecular flexibility index (Phi) is 3.77. The Morgan fingerprint density at radius 3 is 2.06 bits per heavy atom. The van der Waals surface area contributed by atoms with Crippen LogP contribution in [-0.2, 0) is 14.8 Å². The first-order valence-electron chi connectivity index (χ1n) is 5.06. The van der Waals surface area contributed by atoms with Gasteiger partial charge in [0.2, 0.25) is 15.9 Å². The van der Waals surface area contributed by atoms with E-state index in [1.165, 1.54) is 6.92 Å². The zero-order valence-corrected chi connectivity index (χ0v) is 11.1. The van der Waals surface area contributed by atoms with Gasteiger partial charge >= 0.3 is 0 Å². The minimum Gasteiger partial charge on any atom is -0.326 e. The van der Waals surface area contributed by atoms with Gasteiger partial charge in [0.1, 0.15) is 0 Å². The fourth-order valence-corrected chi connectivity index (χ4v) is 2.08. The predicted octanol–water partition coefficient (Wildman–Crippen LogP) is 1.63. The van der Waals surface area contributed by atoms with Crippen LogP contribution >= 0.6 is 0 Å². The number of hydrogen-bond acceptors (Lipinski definition) is 3. The number of rotatable bonds is 3. The van der Waals surface area contributed by atoms with Crippen LogP contribution in [0.3, 0.4) is 0 Å². The van der Waals surface area contributed by atoms with E-state index < -0.39 is 10.0 Å². The summed E-state index contributed by atoms with van der Waals surface area (Å²) in [4.78, 5) is 11.0. The van der Waals surface area contributed by atoms with Crippen molar-refractivity contribution in [2.45, 2.75) is 20.8 Å². The molecule has 0 heterocycles. The molecule has 0 aliphatic carbocycles. The molecule has 6 heteroatoms. The molecule has 1 amide bonds. The number of anilines is 2. The lowest BCUT2D eigenvalue weighted by atomic mass is 10.1. The van der Waals surface area contributed by atoms with E-state index in [9.17, 15) is 13.2 Å². The summed E-state index contributed by atoms with van der Waals surface area (Å²) in [5, 5.41) is 2.69. The molecule has 0 bridgehead atoms. The van der Waals surface area contributed by atoms with Gasteiger partial charge in [0, 0.05) is 12.6 Å². The minimum absolute atomic E-state index is 0.156. The third-order valence-electron chi connectivity index (χ3n) is 2.39. The molecular formula is C11H16N2O3S. The quantitative estimate of drug-likeness (QED) is 0.863. The standard InChI is InChI=1S/C11H16N2O3S/c1-7-8(2)11(13-17(4,15)16)6-5-10(7)12-9(3)14/h5-6,13H,1-4H3,(H,12,14).